The Morgan fingerprint density at radius 2 is 1.96 bits per heavy atom. The lowest BCUT2D eigenvalue weighted by Crippen LogP contribution is -2.39. The molecule has 5 nitrogen and oxygen atoms in total. The minimum absolute atomic E-state index is 0.873. The SMILES string of the molecule is c1coc(-c2nc(CN3CCC(CCN4CCOCC4)CC3)cs2)c1. The van der Waals surface area contributed by atoms with Gasteiger partial charge in [-0.1, -0.05) is 0 Å². The second-order valence-electron chi connectivity index (χ2n) is 7.08. The molecule has 2 aliphatic rings. The molecule has 4 heterocycles. The molecular weight excluding hydrogens is 334 g/mol. The van der Waals surface area contributed by atoms with Crippen LogP contribution in [-0.4, -0.2) is 60.7 Å². The third-order valence-corrected chi connectivity index (χ3v) is 6.24. The van der Waals surface area contributed by atoms with E-state index >= 15 is 0 Å². The molecule has 0 unspecified atom stereocenters. The summed E-state index contributed by atoms with van der Waals surface area (Å²) in [6.07, 6.45) is 5.68. The number of aromatic nitrogens is 1. The highest BCUT2D eigenvalue weighted by atomic mass is 32.1. The standard InChI is InChI=1S/C19H27N3O2S/c1-2-18(24-11-1)19-20-17(15-25-19)14-22-7-4-16(5-8-22)3-6-21-9-12-23-13-10-21/h1-2,11,15-16H,3-10,12-14H2. The zero-order chi connectivity index (χ0) is 16.9. The van der Waals surface area contributed by atoms with Gasteiger partial charge in [0, 0.05) is 25.0 Å². The third-order valence-electron chi connectivity index (χ3n) is 5.33. The molecule has 2 aliphatic heterocycles. The van der Waals surface area contributed by atoms with Crippen molar-refractivity contribution in [3.8, 4) is 10.8 Å². The van der Waals surface area contributed by atoms with Crippen LogP contribution in [0, 0.1) is 5.92 Å². The van der Waals surface area contributed by atoms with Gasteiger partial charge in [-0.05, 0) is 56.9 Å². The van der Waals surface area contributed by atoms with Crippen LogP contribution in [0.5, 0.6) is 0 Å². The van der Waals surface area contributed by atoms with Gasteiger partial charge in [-0.3, -0.25) is 9.80 Å². The highest BCUT2D eigenvalue weighted by Crippen LogP contribution is 2.26. The summed E-state index contributed by atoms with van der Waals surface area (Å²) in [6.45, 7) is 8.64. The van der Waals surface area contributed by atoms with Gasteiger partial charge in [-0.2, -0.15) is 0 Å². The molecule has 0 atom stereocenters. The summed E-state index contributed by atoms with van der Waals surface area (Å²) in [5.41, 5.74) is 1.17. The maximum atomic E-state index is 5.44. The molecule has 2 aromatic heterocycles. The van der Waals surface area contributed by atoms with Crippen LogP contribution >= 0.6 is 11.3 Å². The first-order valence-corrected chi connectivity index (χ1v) is 10.3. The minimum atomic E-state index is 0.873. The number of hydrogen-bond acceptors (Lipinski definition) is 6. The minimum Gasteiger partial charge on any atom is -0.462 e. The molecule has 25 heavy (non-hydrogen) atoms. The molecule has 0 spiro atoms. The second-order valence-corrected chi connectivity index (χ2v) is 7.94. The van der Waals surface area contributed by atoms with Crippen molar-refractivity contribution in [3.63, 3.8) is 0 Å². The zero-order valence-corrected chi connectivity index (χ0v) is 15.5. The molecule has 2 saturated heterocycles. The van der Waals surface area contributed by atoms with Crippen molar-refractivity contribution in [2.75, 3.05) is 45.9 Å². The van der Waals surface area contributed by atoms with Crippen molar-refractivity contribution < 1.29 is 9.15 Å². The number of thiazole rings is 1. The maximum Gasteiger partial charge on any atom is 0.162 e. The summed E-state index contributed by atoms with van der Waals surface area (Å²) in [5.74, 6) is 1.76. The van der Waals surface area contributed by atoms with E-state index < -0.39 is 0 Å². The lowest BCUT2D eigenvalue weighted by Gasteiger charge is -2.33. The van der Waals surface area contributed by atoms with Crippen molar-refractivity contribution in [3.05, 3.63) is 29.5 Å². The molecule has 2 fully saturated rings. The molecule has 0 aromatic carbocycles. The van der Waals surface area contributed by atoms with Gasteiger partial charge in [0.15, 0.2) is 10.8 Å². The summed E-state index contributed by atoms with van der Waals surface area (Å²) >= 11 is 1.67. The third kappa shape index (κ3) is 4.70. The van der Waals surface area contributed by atoms with E-state index in [1.54, 1.807) is 17.6 Å². The van der Waals surface area contributed by atoms with E-state index in [0.29, 0.717) is 0 Å². The van der Waals surface area contributed by atoms with Crippen molar-refractivity contribution in [2.24, 2.45) is 5.92 Å². The summed E-state index contributed by atoms with van der Waals surface area (Å²) in [6, 6.07) is 3.89. The first-order chi connectivity index (χ1) is 12.4. The van der Waals surface area contributed by atoms with Crippen LogP contribution in [0.15, 0.2) is 28.2 Å². The highest BCUT2D eigenvalue weighted by Gasteiger charge is 2.21. The fourth-order valence-electron chi connectivity index (χ4n) is 3.75. The number of furan rings is 1. The van der Waals surface area contributed by atoms with E-state index in [4.69, 9.17) is 14.1 Å². The number of morpholine rings is 1. The Hall–Kier alpha value is -1.21. The summed E-state index contributed by atoms with van der Waals surface area (Å²) in [7, 11) is 0. The van der Waals surface area contributed by atoms with Gasteiger partial charge < -0.3 is 9.15 Å². The highest BCUT2D eigenvalue weighted by molar-refractivity contribution is 7.13. The van der Waals surface area contributed by atoms with Gasteiger partial charge in [0.1, 0.15) is 0 Å². The molecule has 6 heteroatoms. The smallest absolute Gasteiger partial charge is 0.162 e. The van der Waals surface area contributed by atoms with Crippen molar-refractivity contribution in [1.82, 2.24) is 14.8 Å². The van der Waals surface area contributed by atoms with Crippen LogP contribution < -0.4 is 0 Å². The normalized spacial score (nSPS) is 21.0. The van der Waals surface area contributed by atoms with Crippen LogP contribution in [0.3, 0.4) is 0 Å². The van der Waals surface area contributed by atoms with Gasteiger partial charge in [-0.25, -0.2) is 4.98 Å². The molecule has 136 valence electrons. The van der Waals surface area contributed by atoms with Crippen LogP contribution in [-0.2, 0) is 11.3 Å². The Labute approximate surface area is 153 Å². The van der Waals surface area contributed by atoms with Gasteiger partial charge in [0.25, 0.3) is 0 Å². The molecule has 0 saturated carbocycles. The van der Waals surface area contributed by atoms with E-state index in [0.717, 1.165) is 49.5 Å². The van der Waals surface area contributed by atoms with E-state index in [1.165, 1.54) is 44.6 Å². The Morgan fingerprint density at radius 3 is 2.72 bits per heavy atom. The predicted molar refractivity (Wildman–Crippen MR) is 99.7 cm³/mol. The van der Waals surface area contributed by atoms with Crippen LogP contribution in [0.4, 0.5) is 0 Å². The second kappa shape index (κ2) is 8.45. The number of nitrogens with zero attached hydrogens (tertiary/aromatic N) is 3. The average molecular weight is 362 g/mol. The quantitative estimate of drug-likeness (QED) is 0.789. The lowest BCUT2D eigenvalue weighted by atomic mass is 9.93. The fraction of sp³-hybridized carbons (Fsp3) is 0.632. The molecule has 0 amide bonds. The number of piperidine rings is 1. The Morgan fingerprint density at radius 1 is 1.12 bits per heavy atom. The number of rotatable bonds is 6. The molecule has 0 bridgehead atoms. The molecule has 0 N–H and O–H groups in total. The van der Waals surface area contributed by atoms with Gasteiger partial charge in [0.2, 0.25) is 0 Å². The Kier molecular flexibility index (Phi) is 5.82. The van der Waals surface area contributed by atoms with Crippen molar-refractivity contribution >= 4 is 11.3 Å². The number of ether oxygens (including phenoxy) is 1. The zero-order valence-electron chi connectivity index (χ0n) is 14.7. The van der Waals surface area contributed by atoms with Crippen LogP contribution in [0.25, 0.3) is 10.8 Å². The first-order valence-electron chi connectivity index (χ1n) is 9.37. The van der Waals surface area contributed by atoms with Crippen molar-refractivity contribution in [1.29, 1.82) is 0 Å². The van der Waals surface area contributed by atoms with E-state index in [1.807, 2.05) is 12.1 Å². The topological polar surface area (TPSA) is 41.7 Å². The summed E-state index contributed by atoms with van der Waals surface area (Å²) in [5, 5.41) is 3.16. The van der Waals surface area contributed by atoms with E-state index in [9.17, 15) is 0 Å². The van der Waals surface area contributed by atoms with Gasteiger partial charge in [0.05, 0.1) is 25.2 Å². The van der Waals surface area contributed by atoms with Crippen LogP contribution in [0.2, 0.25) is 0 Å². The summed E-state index contributed by atoms with van der Waals surface area (Å²) in [4.78, 5) is 9.83. The molecule has 0 aliphatic carbocycles. The molecule has 4 rings (SSSR count). The van der Waals surface area contributed by atoms with E-state index in [2.05, 4.69) is 15.2 Å². The first kappa shape index (κ1) is 17.2. The fourth-order valence-corrected chi connectivity index (χ4v) is 4.52. The number of hydrogen-bond donors (Lipinski definition) is 0. The largest absolute Gasteiger partial charge is 0.462 e. The van der Waals surface area contributed by atoms with Crippen molar-refractivity contribution in [2.45, 2.75) is 25.8 Å². The molecule has 0 radical (unpaired) electrons. The Balaban J connectivity index is 1.20. The average Bonchev–Trinajstić information content (AvgIpc) is 3.34. The number of likely N-dealkylation sites (tertiary alicyclic amines) is 1. The monoisotopic (exact) mass is 361 g/mol. The predicted octanol–water partition coefficient (Wildman–Crippen LogP) is 3.34. The molecule has 2 aromatic rings. The van der Waals surface area contributed by atoms with Gasteiger partial charge >= 0.3 is 0 Å². The maximum absolute atomic E-state index is 5.44. The van der Waals surface area contributed by atoms with E-state index in [-0.39, 0.29) is 0 Å². The Bertz CT molecular complexity index is 629. The van der Waals surface area contributed by atoms with Crippen LogP contribution in [0.1, 0.15) is 25.0 Å². The van der Waals surface area contributed by atoms with Gasteiger partial charge in [-0.15, -0.1) is 11.3 Å². The lowest BCUT2D eigenvalue weighted by molar-refractivity contribution is 0.0334. The molecular formula is C19H27N3O2S. The summed E-state index contributed by atoms with van der Waals surface area (Å²) < 4.78 is 10.9.